The molecular formula is C39H42F2N6O6S. The van der Waals surface area contributed by atoms with Crippen molar-refractivity contribution in [3.8, 4) is 21.9 Å². The van der Waals surface area contributed by atoms with E-state index in [1.165, 1.54) is 34.1 Å². The van der Waals surface area contributed by atoms with Crippen molar-refractivity contribution in [1.29, 1.82) is 0 Å². The molecule has 12 nitrogen and oxygen atoms in total. The van der Waals surface area contributed by atoms with Crippen molar-refractivity contribution in [3.05, 3.63) is 110 Å². The number of hydrogen-bond donors (Lipinski definition) is 2. The summed E-state index contributed by atoms with van der Waals surface area (Å²) in [5.74, 6) is -1.41. The van der Waals surface area contributed by atoms with Crippen LogP contribution in [-0.4, -0.2) is 84.4 Å². The summed E-state index contributed by atoms with van der Waals surface area (Å²) in [6, 6.07) is 16.4. The first-order chi connectivity index (χ1) is 26.1. The maximum Gasteiger partial charge on any atom is 0.337 e. The molecule has 54 heavy (non-hydrogen) atoms. The first kappa shape index (κ1) is 38.3. The highest BCUT2D eigenvalue weighted by molar-refractivity contribution is 7.22. The Morgan fingerprint density at radius 1 is 0.944 bits per heavy atom. The van der Waals surface area contributed by atoms with Gasteiger partial charge in [0.15, 0.2) is 6.61 Å². The summed E-state index contributed by atoms with van der Waals surface area (Å²) < 4.78 is 43.5. The normalized spacial score (nSPS) is 12.8. The monoisotopic (exact) mass is 760 g/mol. The fourth-order valence-corrected chi connectivity index (χ4v) is 7.70. The van der Waals surface area contributed by atoms with Gasteiger partial charge in [-0.05, 0) is 86.5 Å². The number of rotatable bonds is 14. The summed E-state index contributed by atoms with van der Waals surface area (Å²) in [5, 5.41) is 5.68. The minimum Gasteiger partial charge on any atom is -0.484 e. The van der Waals surface area contributed by atoms with Gasteiger partial charge < -0.3 is 25.0 Å². The largest absolute Gasteiger partial charge is 0.484 e. The number of ether oxygens (including phenoxy) is 2. The van der Waals surface area contributed by atoms with Gasteiger partial charge in [0, 0.05) is 56.0 Å². The lowest BCUT2D eigenvalue weighted by atomic mass is 10.1. The quantitative estimate of drug-likeness (QED) is 0.155. The van der Waals surface area contributed by atoms with Crippen LogP contribution in [0.25, 0.3) is 26.3 Å². The van der Waals surface area contributed by atoms with Gasteiger partial charge in [-0.25, -0.2) is 22.9 Å². The van der Waals surface area contributed by atoms with E-state index in [-0.39, 0.29) is 46.6 Å². The molecule has 1 fully saturated rings. The molecule has 3 aromatic carbocycles. The topological polar surface area (TPSA) is 127 Å². The average molecular weight is 761 g/mol. The fourth-order valence-electron chi connectivity index (χ4n) is 6.39. The van der Waals surface area contributed by atoms with Crippen molar-refractivity contribution in [2.45, 2.75) is 32.9 Å². The third kappa shape index (κ3) is 8.38. The molecule has 2 N–H and O–H groups in total. The third-order valence-electron chi connectivity index (χ3n) is 9.21. The van der Waals surface area contributed by atoms with Gasteiger partial charge in [-0.1, -0.05) is 18.2 Å². The van der Waals surface area contributed by atoms with Crippen molar-refractivity contribution in [1.82, 2.24) is 24.3 Å². The molecule has 1 aliphatic rings. The van der Waals surface area contributed by atoms with Gasteiger partial charge in [0.25, 0.3) is 11.5 Å². The number of halogens is 2. The third-order valence-corrected chi connectivity index (χ3v) is 10.5. The fraction of sp³-hybridized carbons (Fsp3) is 0.333. The van der Waals surface area contributed by atoms with Crippen LogP contribution in [0, 0.1) is 11.6 Å². The van der Waals surface area contributed by atoms with Gasteiger partial charge >= 0.3 is 11.7 Å². The average Bonchev–Trinajstić information content (AvgIpc) is 3.83. The number of benzene rings is 3. The molecule has 0 bridgehead atoms. The molecule has 0 radical (unpaired) electrons. The summed E-state index contributed by atoms with van der Waals surface area (Å²) in [5.41, 5.74) is 0.352. The highest BCUT2D eigenvalue weighted by Gasteiger charge is 2.26. The molecule has 0 aliphatic carbocycles. The molecule has 1 aliphatic heterocycles. The number of nitrogens with one attached hydrogen (secondary N) is 2. The van der Waals surface area contributed by atoms with Gasteiger partial charge in [-0.3, -0.25) is 19.1 Å². The molecule has 0 spiro atoms. The second kappa shape index (κ2) is 17.2. The van der Waals surface area contributed by atoms with Gasteiger partial charge in [0.2, 0.25) is 0 Å². The van der Waals surface area contributed by atoms with E-state index in [2.05, 4.69) is 10.6 Å². The van der Waals surface area contributed by atoms with Crippen molar-refractivity contribution in [2.75, 3.05) is 58.9 Å². The number of hydrogen-bond acceptors (Lipinski definition) is 8. The summed E-state index contributed by atoms with van der Waals surface area (Å²) in [7, 11) is 3.47. The second-order valence-corrected chi connectivity index (χ2v) is 14.0. The molecule has 3 heterocycles. The van der Waals surface area contributed by atoms with E-state index < -0.39 is 29.4 Å². The van der Waals surface area contributed by atoms with Crippen molar-refractivity contribution in [3.63, 3.8) is 0 Å². The zero-order valence-corrected chi connectivity index (χ0v) is 31.1. The zero-order valence-electron chi connectivity index (χ0n) is 30.3. The van der Waals surface area contributed by atoms with E-state index >= 15 is 8.78 Å². The van der Waals surface area contributed by atoms with Crippen LogP contribution in [0.15, 0.2) is 76.3 Å². The van der Waals surface area contributed by atoms with Crippen LogP contribution >= 0.6 is 11.3 Å². The Hall–Kier alpha value is -5.38. The molecule has 2 aromatic heterocycles. The number of amides is 3. The standard InChI is InChI=1S/C39H42F2N6O6S/c1-4-42-38(50)43-26-12-10-25(11-13-26)35-30(22-44(2)20-21-52-3)34-36(49)47(27-14-16-28(17-15-27)53-24-33(48)45-18-5-6-19-45)39(51)46(37(34)54-35)23-29-31(40)8-7-9-32(29)41/h7-17H,4-6,18-24H2,1-3H3,(H2,42,43,50). The van der Waals surface area contributed by atoms with Crippen molar-refractivity contribution in [2.24, 2.45) is 0 Å². The van der Waals surface area contributed by atoms with Crippen LogP contribution < -0.4 is 26.6 Å². The molecule has 3 amide bonds. The van der Waals surface area contributed by atoms with E-state index in [0.29, 0.717) is 60.2 Å². The number of likely N-dealkylation sites (N-methyl/N-ethyl adjacent to an activating group) is 1. The van der Waals surface area contributed by atoms with Crippen LogP contribution in [0.1, 0.15) is 30.9 Å². The number of urea groups is 1. The maximum atomic E-state index is 15.1. The summed E-state index contributed by atoms with van der Waals surface area (Å²) in [6.45, 7) is 4.26. The van der Waals surface area contributed by atoms with Crippen molar-refractivity contribution >= 4 is 39.2 Å². The smallest absolute Gasteiger partial charge is 0.337 e. The number of nitrogens with zero attached hydrogens (tertiary/aromatic N) is 4. The summed E-state index contributed by atoms with van der Waals surface area (Å²) in [6.07, 6.45) is 1.92. The van der Waals surface area contributed by atoms with Crippen LogP contribution in [0.2, 0.25) is 0 Å². The molecule has 15 heteroatoms. The maximum absolute atomic E-state index is 15.1. The number of likely N-dealkylation sites (tertiary alicyclic amines) is 1. The zero-order chi connectivity index (χ0) is 38.4. The Kier molecular flexibility index (Phi) is 12.2. The number of aromatic nitrogens is 2. The Bertz CT molecular complexity index is 2230. The Labute approximate surface area is 314 Å². The minimum atomic E-state index is -0.829. The second-order valence-electron chi connectivity index (χ2n) is 13.0. The lowest BCUT2D eigenvalue weighted by molar-refractivity contribution is -0.132. The lowest BCUT2D eigenvalue weighted by Gasteiger charge is -2.18. The van der Waals surface area contributed by atoms with Crippen LogP contribution in [0.5, 0.6) is 5.75 Å². The van der Waals surface area contributed by atoms with Gasteiger partial charge in [-0.15, -0.1) is 11.3 Å². The van der Waals surface area contributed by atoms with Crippen LogP contribution in [0.4, 0.5) is 19.3 Å². The van der Waals surface area contributed by atoms with E-state index in [1.54, 1.807) is 48.4 Å². The predicted octanol–water partition coefficient (Wildman–Crippen LogP) is 5.43. The number of fused-ring (bicyclic) bond motifs is 1. The highest BCUT2D eigenvalue weighted by Crippen LogP contribution is 2.38. The van der Waals surface area contributed by atoms with E-state index in [4.69, 9.17) is 9.47 Å². The first-order valence-electron chi connectivity index (χ1n) is 17.7. The van der Waals surface area contributed by atoms with Crippen molar-refractivity contribution < 1.29 is 27.8 Å². The number of thiophene rings is 1. The van der Waals surface area contributed by atoms with Gasteiger partial charge in [0.05, 0.1) is 24.2 Å². The number of carbonyl (C=O) groups is 2. The Morgan fingerprint density at radius 3 is 2.28 bits per heavy atom. The lowest BCUT2D eigenvalue weighted by Crippen LogP contribution is -2.39. The minimum absolute atomic E-state index is 0.120. The SMILES string of the molecule is CCNC(=O)Nc1ccc(-c2sc3c(c2CN(C)CCOC)c(=O)n(-c2ccc(OCC(=O)N4CCCC4)cc2)c(=O)n3Cc2c(F)cccc2F)cc1. The first-order valence-corrected chi connectivity index (χ1v) is 18.5. The molecular weight excluding hydrogens is 719 g/mol. The molecule has 0 atom stereocenters. The van der Waals surface area contributed by atoms with E-state index in [9.17, 15) is 19.2 Å². The van der Waals surface area contributed by atoms with Gasteiger partial charge in [0.1, 0.15) is 22.2 Å². The molecule has 0 unspecified atom stereocenters. The molecule has 5 aromatic rings. The highest BCUT2D eigenvalue weighted by atomic mass is 32.1. The summed E-state index contributed by atoms with van der Waals surface area (Å²) in [4.78, 5) is 58.4. The van der Waals surface area contributed by atoms with E-state index in [1.807, 2.05) is 18.9 Å². The Balaban J connectivity index is 1.50. The van der Waals surface area contributed by atoms with E-state index in [0.717, 1.165) is 29.5 Å². The molecule has 1 saturated heterocycles. The number of methoxy groups -OCH3 is 1. The summed E-state index contributed by atoms with van der Waals surface area (Å²) >= 11 is 1.17. The Morgan fingerprint density at radius 2 is 1.63 bits per heavy atom. The molecule has 284 valence electrons. The molecule has 0 saturated carbocycles. The molecule has 6 rings (SSSR count). The van der Waals surface area contributed by atoms with Crippen LogP contribution in [0.3, 0.4) is 0 Å². The van der Waals surface area contributed by atoms with Crippen LogP contribution in [-0.2, 0) is 22.6 Å². The number of carbonyl (C=O) groups excluding carboxylic acids is 2. The predicted molar refractivity (Wildman–Crippen MR) is 205 cm³/mol. The number of anilines is 1. The van der Waals surface area contributed by atoms with Gasteiger partial charge in [-0.2, -0.15) is 0 Å².